The molecule has 202 valence electrons. The van der Waals surface area contributed by atoms with Crippen LogP contribution in [0.15, 0.2) is 36.4 Å². The number of halogens is 1. The first-order valence-corrected chi connectivity index (χ1v) is 13.7. The fourth-order valence-electron chi connectivity index (χ4n) is 9.43. The zero-order valence-electron chi connectivity index (χ0n) is 21.4. The Bertz CT molecular complexity index is 1420. The largest absolute Gasteiger partial charge is 0.456 e. The number of carbonyl (C=O) groups excluding carboxylic acids is 2. The van der Waals surface area contributed by atoms with E-state index < -0.39 is 69.9 Å². The summed E-state index contributed by atoms with van der Waals surface area (Å²) in [5, 5.41) is 36.9. The Morgan fingerprint density at radius 2 is 1.97 bits per heavy atom. The van der Waals surface area contributed by atoms with Crippen molar-refractivity contribution in [2.24, 2.45) is 34.0 Å². The number of ether oxygens (including phenoxy) is 2. The van der Waals surface area contributed by atoms with Gasteiger partial charge in [0.2, 0.25) is 5.79 Å². The van der Waals surface area contributed by atoms with Crippen LogP contribution in [0.1, 0.15) is 50.0 Å². The van der Waals surface area contributed by atoms with Crippen LogP contribution in [0.2, 0.25) is 5.02 Å². The van der Waals surface area contributed by atoms with Crippen molar-refractivity contribution in [3.63, 3.8) is 0 Å². The van der Waals surface area contributed by atoms with Crippen LogP contribution in [0.4, 0.5) is 0 Å². The normalized spacial score (nSPS) is 44.7. The second-order valence-electron chi connectivity index (χ2n) is 12.8. The molecule has 4 saturated carbocycles. The minimum absolute atomic E-state index is 0.0239. The number of fused-ring (bicyclic) bond motifs is 3. The van der Waals surface area contributed by atoms with Crippen molar-refractivity contribution in [1.29, 1.82) is 0 Å². The first-order chi connectivity index (χ1) is 17.9. The number of rotatable bonds is 2. The van der Waals surface area contributed by atoms with Gasteiger partial charge in [0.25, 0.3) is 0 Å². The van der Waals surface area contributed by atoms with Crippen molar-refractivity contribution < 1.29 is 34.4 Å². The molecule has 9 atom stereocenters. The summed E-state index contributed by atoms with van der Waals surface area (Å²) in [5.41, 5.74) is -2.03. The average Bonchev–Trinajstić information content (AvgIpc) is 3.34. The summed E-state index contributed by atoms with van der Waals surface area (Å²) in [7, 11) is 0. The molecule has 8 rings (SSSR count). The highest BCUT2D eigenvalue weighted by atomic mass is 35.5. The highest BCUT2D eigenvalue weighted by Crippen LogP contribution is 2.76. The van der Waals surface area contributed by atoms with Crippen LogP contribution in [-0.4, -0.2) is 62.8 Å². The molecule has 6 aliphatic rings. The van der Waals surface area contributed by atoms with Gasteiger partial charge in [-0.15, -0.1) is 0 Å². The Morgan fingerprint density at radius 1 is 1.21 bits per heavy atom. The number of nitrogens with one attached hydrogen (secondary N) is 1. The number of H-pyrrole nitrogens is 1. The quantitative estimate of drug-likeness (QED) is 0.339. The van der Waals surface area contributed by atoms with Crippen molar-refractivity contribution in [2.75, 3.05) is 6.61 Å². The van der Waals surface area contributed by atoms with Gasteiger partial charge in [-0.05, 0) is 60.8 Å². The van der Waals surface area contributed by atoms with E-state index >= 15 is 0 Å². The van der Waals surface area contributed by atoms with E-state index in [1.165, 1.54) is 0 Å². The molecule has 0 radical (unpaired) electrons. The lowest BCUT2D eigenvalue weighted by Gasteiger charge is -2.74. The van der Waals surface area contributed by atoms with Gasteiger partial charge in [0.05, 0.1) is 12.7 Å². The maximum atomic E-state index is 14.2. The first kappa shape index (κ1) is 24.8. The predicted molar refractivity (Wildman–Crippen MR) is 137 cm³/mol. The number of carbonyl (C=O) groups is 2. The molecule has 2 saturated heterocycles. The highest BCUT2D eigenvalue weighted by molar-refractivity contribution is 6.31. The Morgan fingerprint density at radius 3 is 2.74 bits per heavy atom. The molecule has 4 aliphatic carbocycles. The van der Waals surface area contributed by atoms with Gasteiger partial charge in [-0.25, -0.2) is 4.79 Å². The van der Waals surface area contributed by atoms with E-state index in [9.17, 15) is 24.9 Å². The van der Waals surface area contributed by atoms with Crippen LogP contribution in [0.25, 0.3) is 10.9 Å². The molecular formula is C29H32ClNO7. The third-order valence-electron chi connectivity index (χ3n) is 10.9. The molecule has 0 amide bonds. The summed E-state index contributed by atoms with van der Waals surface area (Å²) in [4.78, 5) is 30.8. The highest BCUT2D eigenvalue weighted by Gasteiger charge is 2.87. The van der Waals surface area contributed by atoms with E-state index in [0.717, 1.165) is 5.39 Å². The van der Waals surface area contributed by atoms with E-state index in [4.69, 9.17) is 21.1 Å². The van der Waals surface area contributed by atoms with Crippen molar-refractivity contribution >= 4 is 34.3 Å². The second-order valence-corrected chi connectivity index (χ2v) is 13.2. The average molecular weight is 542 g/mol. The van der Waals surface area contributed by atoms with Crippen LogP contribution in [0, 0.1) is 34.0 Å². The number of aliphatic hydroxyl groups excluding tert-OH is 2. The first-order valence-electron chi connectivity index (χ1n) is 13.3. The lowest BCUT2D eigenvalue weighted by molar-refractivity contribution is -0.457. The number of benzene rings is 1. The van der Waals surface area contributed by atoms with Crippen molar-refractivity contribution in [3.8, 4) is 0 Å². The van der Waals surface area contributed by atoms with Crippen molar-refractivity contribution in [2.45, 2.75) is 63.6 Å². The summed E-state index contributed by atoms with van der Waals surface area (Å²) >= 11 is 6.10. The molecule has 2 aliphatic heterocycles. The Labute approximate surface area is 225 Å². The third-order valence-corrected chi connectivity index (χ3v) is 11.1. The number of aromatic amines is 1. The number of aromatic nitrogens is 1. The monoisotopic (exact) mass is 541 g/mol. The molecule has 2 aromatic rings. The number of hydrogen-bond donors (Lipinski definition) is 4. The van der Waals surface area contributed by atoms with E-state index in [0.29, 0.717) is 36.2 Å². The minimum atomic E-state index is -2.29. The SMILES string of the molecule is C=C1C(=O)[C@]23[C@H](OC(=O)c4cc5ccc(Cl)cc5[nH]4)[C@H]1CC[C@H]2[C@@]12CO[C@]3(O)[C@@H](O)[C@@H]1C(C)(C)CC[C@@H]2O. The lowest BCUT2D eigenvalue weighted by atomic mass is 9.35. The Balaban J connectivity index is 1.37. The van der Waals surface area contributed by atoms with Crippen molar-refractivity contribution in [1.82, 2.24) is 4.98 Å². The number of Topliss-reactive ketones (excluding diaryl/α,β-unsaturated/α-hetero) is 1. The van der Waals surface area contributed by atoms with Gasteiger partial charge in [-0.1, -0.05) is 38.1 Å². The summed E-state index contributed by atoms with van der Waals surface area (Å²) < 4.78 is 12.2. The molecule has 1 aromatic carbocycles. The maximum Gasteiger partial charge on any atom is 0.355 e. The van der Waals surface area contributed by atoms with E-state index in [1.807, 2.05) is 13.8 Å². The number of hydrogen-bond acceptors (Lipinski definition) is 7. The van der Waals surface area contributed by atoms with Gasteiger partial charge in [0.1, 0.15) is 23.3 Å². The molecular weight excluding hydrogens is 510 g/mol. The summed E-state index contributed by atoms with van der Waals surface area (Å²) in [6.45, 7) is 8.14. The molecule has 6 fully saturated rings. The van der Waals surface area contributed by atoms with Crippen LogP contribution >= 0.6 is 11.6 Å². The van der Waals surface area contributed by atoms with E-state index in [1.54, 1.807) is 24.3 Å². The van der Waals surface area contributed by atoms with Gasteiger partial charge in [0.15, 0.2) is 5.78 Å². The van der Waals surface area contributed by atoms with Gasteiger partial charge in [-0.2, -0.15) is 0 Å². The number of ketones is 1. The van der Waals surface area contributed by atoms with Crippen LogP contribution in [0.3, 0.4) is 0 Å². The van der Waals surface area contributed by atoms with E-state index in [2.05, 4.69) is 11.6 Å². The summed E-state index contributed by atoms with van der Waals surface area (Å²) in [6.07, 6.45) is -1.19. The fourth-order valence-corrected chi connectivity index (χ4v) is 9.60. The third kappa shape index (κ3) is 2.61. The molecule has 3 heterocycles. The lowest BCUT2D eigenvalue weighted by Crippen LogP contribution is -2.85. The molecule has 0 unspecified atom stereocenters. The van der Waals surface area contributed by atoms with Gasteiger partial charge >= 0.3 is 5.97 Å². The van der Waals surface area contributed by atoms with Crippen LogP contribution in [-0.2, 0) is 14.3 Å². The van der Waals surface area contributed by atoms with Crippen LogP contribution in [0.5, 0.6) is 0 Å². The smallest absolute Gasteiger partial charge is 0.355 e. The summed E-state index contributed by atoms with van der Waals surface area (Å²) in [6, 6.07) is 6.87. The zero-order chi connectivity index (χ0) is 27.0. The van der Waals surface area contributed by atoms with Gasteiger partial charge < -0.3 is 29.8 Å². The number of aliphatic hydroxyl groups is 3. The maximum absolute atomic E-state index is 14.2. The second kappa shape index (κ2) is 7.49. The Kier molecular flexibility index (Phi) is 4.88. The van der Waals surface area contributed by atoms with Gasteiger partial charge in [-0.3, -0.25) is 4.79 Å². The van der Waals surface area contributed by atoms with Crippen LogP contribution < -0.4 is 0 Å². The fraction of sp³-hybridized carbons (Fsp3) is 0.586. The van der Waals surface area contributed by atoms with Gasteiger partial charge in [0, 0.05) is 33.2 Å². The minimum Gasteiger partial charge on any atom is -0.456 e. The van der Waals surface area contributed by atoms with E-state index in [-0.39, 0.29) is 17.9 Å². The Hall–Kier alpha value is -2.23. The molecule has 1 aromatic heterocycles. The number of esters is 1. The zero-order valence-corrected chi connectivity index (χ0v) is 22.1. The molecule has 4 N–H and O–H groups in total. The summed E-state index contributed by atoms with van der Waals surface area (Å²) in [5.74, 6) is -5.00. The van der Waals surface area contributed by atoms with Crippen molar-refractivity contribution in [3.05, 3.63) is 47.1 Å². The standard InChI is InChI=1S/C29H32ClNO7/c1-13-16-6-7-19-27-12-37-29(36,23(34)21(27)26(2,3)9-8-20(27)32)28(19,22(13)33)24(16)38-25(35)18-10-14-4-5-15(30)11-17(14)31-18/h4-5,10-11,16,19-21,23-24,31-32,34,36H,1,6-9,12H2,2-3H3/t16-,19-,20-,21+,23-,24+,27+,28-,29+/m0/s1. The molecule has 9 heteroatoms. The topological polar surface area (TPSA) is 129 Å². The molecule has 38 heavy (non-hydrogen) atoms. The molecule has 4 bridgehead atoms. The molecule has 2 spiro atoms. The molecule has 8 nitrogen and oxygen atoms in total. The predicted octanol–water partition coefficient (Wildman–Crippen LogP) is 3.38.